The molecule has 0 saturated carbocycles. The maximum atomic E-state index is 13.4. The molecule has 2 N–H and O–H groups in total. The molecule has 0 aromatic rings. The van der Waals surface area contributed by atoms with E-state index in [9.17, 15) is 4.48 Å². The summed E-state index contributed by atoms with van der Waals surface area (Å²) in [5.74, 6) is 0.755. The number of hydrogen-bond acceptors (Lipinski definition) is 4. The van der Waals surface area contributed by atoms with Gasteiger partial charge in [-0.2, -0.15) is 0 Å². The van der Waals surface area contributed by atoms with Gasteiger partial charge in [0.05, 0.1) is 0 Å². The molecule has 1 saturated heterocycles. The van der Waals surface area contributed by atoms with E-state index in [4.69, 9.17) is 0 Å². The summed E-state index contributed by atoms with van der Waals surface area (Å²) in [7, 11) is 1.61. The largest absolute Gasteiger partial charge is 0.355 e. The number of rotatable bonds is 5. The molecule has 1 heterocycles. The van der Waals surface area contributed by atoms with Crippen LogP contribution in [0, 0.1) is 5.92 Å². The first-order valence-corrected chi connectivity index (χ1v) is 7.63. The van der Waals surface area contributed by atoms with Crippen LogP contribution in [0.5, 0.6) is 0 Å². The predicted octanol–water partition coefficient (Wildman–Crippen LogP) is 3.62. The Morgan fingerprint density at radius 3 is 2.40 bits per heavy atom. The second kappa shape index (κ2) is 14.3. The Labute approximate surface area is 124 Å². The summed E-state index contributed by atoms with van der Waals surface area (Å²) in [6.45, 7) is 17.2. The Kier molecular flexibility index (Phi) is 15.2. The highest BCUT2D eigenvalue weighted by molar-refractivity contribution is 4.94. The zero-order chi connectivity index (χ0) is 16.0. The van der Waals surface area contributed by atoms with Gasteiger partial charge in [-0.25, -0.2) is 5.43 Å². The molecule has 20 heavy (non-hydrogen) atoms. The molecule has 4 nitrogen and oxygen atoms in total. The van der Waals surface area contributed by atoms with Crippen molar-refractivity contribution in [3.63, 3.8) is 0 Å². The summed E-state index contributed by atoms with van der Waals surface area (Å²) >= 11 is 0. The van der Waals surface area contributed by atoms with Crippen LogP contribution in [-0.2, 0) is 0 Å². The first-order chi connectivity index (χ1) is 9.69. The number of hydrogen-bond donors (Lipinski definition) is 2. The molecular weight excluding hydrogens is 255 g/mol. The monoisotopic (exact) mass is 288 g/mol. The molecule has 0 amide bonds. The van der Waals surface area contributed by atoms with Crippen molar-refractivity contribution < 1.29 is 4.48 Å². The van der Waals surface area contributed by atoms with Crippen LogP contribution in [0.1, 0.15) is 47.0 Å². The second-order valence-electron chi connectivity index (χ2n) is 4.00. The van der Waals surface area contributed by atoms with Crippen LogP contribution < -0.4 is 11.0 Å². The van der Waals surface area contributed by atoms with E-state index < -0.39 is 0 Å². The van der Waals surface area contributed by atoms with E-state index in [-0.39, 0.29) is 0 Å². The zero-order valence-corrected chi connectivity index (χ0v) is 13.9. The molecule has 0 aromatic heterocycles. The molecule has 1 atom stereocenters. The summed E-state index contributed by atoms with van der Waals surface area (Å²) < 4.78 is 13.4. The van der Waals surface area contributed by atoms with Gasteiger partial charge in [-0.3, -0.25) is 0 Å². The Balaban J connectivity index is 0. The maximum Gasteiger partial charge on any atom is 0.147 e. The van der Waals surface area contributed by atoms with Crippen molar-refractivity contribution >= 4 is 0 Å². The first kappa shape index (κ1) is 21.2. The highest BCUT2D eigenvalue weighted by atomic mass is 19.2. The van der Waals surface area contributed by atoms with Crippen LogP contribution in [0.4, 0.5) is 4.48 Å². The van der Waals surface area contributed by atoms with Crippen molar-refractivity contribution in [3.8, 4) is 0 Å². The SMILES string of the molecule is C=CC1CCCCN(C(=C)N(F)NNC)C1.CC.CC. The van der Waals surface area contributed by atoms with Gasteiger partial charge in [0.2, 0.25) is 0 Å². The van der Waals surface area contributed by atoms with Crippen molar-refractivity contribution in [2.45, 2.75) is 47.0 Å². The van der Waals surface area contributed by atoms with E-state index in [2.05, 4.69) is 24.1 Å². The minimum absolute atomic E-state index is 0.336. The Bertz CT molecular complexity index is 246. The van der Waals surface area contributed by atoms with Gasteiger partial charge in [-0.1, -0.05) is 51.3 Å². The van der Waals surface area contributed by atoms with Crippen molar-refractivity contribution in [1.82, 2.24) is 21.1 Å². The first-order valence-electron chi connectivity index (χ1n) is 7.63. The molecule has 0 aliphatic carbocycles. The van der Waals surface area contributed by atoms with E-state index in [1.807, 2.05) is 38.7 Å². The summed E-state index contributed by atoms with van der Waals surface area (Å²) in [6.07, 6.45) is 5.29. The molecule has 1 rings (SSSR count). The van der Waals surface area contributed by atoms with Gasteiger partial charge in [0.1, 0.15) is 5.82 Å². The molecule has 120 valence electrons. The van der Waals surface area contributed by atoms with Crippen molar-refractivity contribution in [1.29, 1.82) is 0 Å². The van der Waals surface area contributed by atoms with Gasteiger partial charge < -0.3 is 4.90 Å². The summed E-state index contributed by atoms with van der Waals surface area (Å²) in [5, 5.41) is 0.408. The molecule has 1 aliphatic heterocycles. The van der Waals surface area contributed by atoms with E-state index in [0.717, 1.165) is 32.4 Å². The van der Waals surface area contributed by atoms with E-state index >= 15 is 0 Å². The average Bonchev–Trinajstić information content (AvgIpc) is 2.76. The summed E-state index contributed by atoms with van der Waals surface area (Å²) in [5.41, 5.74) is 4.87. The van der Waals surface area contributed by atoms with Crippen LogP contribution in [-0.4, -0.2) is 30.3 Å². The van der Waals surface area contributed by atoms with Crippen LogP contribution in [0.2, 0.25) is 0 Å². The zero-order valence-electron chi connectivity index (χ0n) is 13.9. The third-order valence-corrected chi connectivity index (χ3v) is 2.84. The van der Waals surface area contributed by atoms with Gasteiger partial charge in [0.15, 0.2) is 0 Å². The number of halogens is 1. The predicted molar refractivity (Wildman–Crippen MR) is 86.1 cm³/mol. The number of nitrogens with one attached hydrogen (secondary N) is 2. The highest BCUT2D eigenvalue weighted by Gasteiger charge is 2.20. The lowest BCUT2D eigenvalue weighted by Gasteiger charge is -2.29. The van der Waals surface area contributed by atoms with E-state index in [0.29, 0.717) is 17.0 Å². The van der Waals surface area contributed by atoms with Crippen molar-refractivity contribution in [2.75, 3.05) is 20.1 Å². The molecule has 0 aromatic carbocycles. The third kappa shape index (κ3) is 8.17. The quantitative estimate of drug-likeness (QED) is 0.459. The second-order valence-corrected chi connectivity index (χ2v) is 4.00. The highest BCUT2D eigenvalue weighted by Crippen LogP contribution is 2.20. The lowest BCUT2D eigenvalue weighted by molar-refractivity contribution is -0.0398. The minimum atomic E-state index is 0.336. The lowest BCUT2D eigenvalue weighted by Crippen LogP contribution is -2.44. The Morgan fingerprint density at radius 1 is 1.30 bits per heavy atom. The van der Waals surface area contributed by atoms with Gasteiger partial charge in [0, 0.05) is 20.1 Å². The fraction of sp³-hybridized carbons (Fsp3) is 0.733. The topological polar surface area (TPSA) is 30.5 Å². The van der Waals surface area contributed by atoms with Crippen LogP contribution in [0.25, 0.3) is 0 Å². The molecule has 1 aliphatic rings. The van der Waals surface area contributed by atoms with Gasteiger partial charge in [-0.05, 0) is 18.8 Å². The van der Waals surface area contributed by atoms with Gasteiger partial charge >= 0.3 is 0 Å². The summed E-state index contributed by atoms with van der Waals surface area (Å²) in [4.78, 5) is 1.95. The van der Waals surface area contributed by atoms with Crippen molar-refractivity contribution in [3.05, 3.63) is 25.1 Å². The molecule has 5 heteroatoms. The van der Waals surface area contributed by atoms with E-state index in [1.54, 1.807) is 7.05 Å². The smallest absolute Gasteiger partial charge is 0.147 e. The Hall–Kier alpha value is -1.07. The molecular formula is C15H33FN4. The number of likely N-dealkylation sites (tertiary alicyclic amines) is 1. The fourth-order valence-corrected chi connectivity index (χ4v) is 1.89. The average molecular weight is 288 g/mol. The summed E-state index contributed by atoms with van der Waals surface area (Å²) in [6, 6.07) is 0. The van der Waals surface area contributed by atoms with Crippen LogP contribution in [0.15, 0.2) is 25.1 Å². The number of hydrazine groups is 2. The third-order valence-electron chi connectivity index (χ3n) is 2.84. The number of nitrogens with zero attached hydrogens (tertiary/aromatic N) is 2. The minimum Gasteiger partial charge on any atom is -0.355 e. The fourth-order valence-electron chi connectivity index (χ4n) is 1.89. The molecule has 0 spiro atoms. The molecule has 1 fully saturated rings. The van der Waals surface area contributed by atoms with E-state index in [1.165, 1.54) is 0 Å². The normalized spacial score (nSPS) is 17.7. The molecule has 1 unspecified atom stereocenters. The Morgan fingerprint density at radius 2 is 1.90 bits per heavy atom. The molecule has 0 radical (unpaired) electrons. The standard InChI is InChI=1S/C11H21FN4.2C2H6/c1-4-11-7-5-6-8-15(9-11)10(2)16(12)14-13-3;2*1-2/h4,11,13-14H,1-2,5-9H2,3H3;2*1-2H3. The maximum absolute atomic E-state index is 13.4. The van der Waals surface area contributed by atoms with Crippen LogP contribution in [0.3, 0.4) is 0 Å². The van der Waals surface area contributed by atoms with Gasteiger partial charge in [0.25, 0.3) is 0 Å². The lowest BCUT2D eigenvalue weighted by atomic mass is 10.0. The van der Waals surface area contributed by atoms with Crippen molar-refractivity contribution in [2.24, 2.45) is 5.92 Å². The van der Waals surface area contributed by atoms with Crippen LogP contribution >= 0.6 is 0 Å². The molecule has 0 bridgehead atoms. The van der Waals surface area contributed by atoms with Gasteiger partial charge in [-0.15, -0.1) is 17.3 Å².